The summed E-state index contributed by atoms with van der Waals surface area (Å²) < 4.78 is 2.77. The lowest BCUT2D eigenvalue weighted by Gasteiger charge is -2.23. The molecule has 0 atom stereocenters. The van der Waals surface area contributed by atoms with E-state index in [0.717, 1.165) is 5.56 Å². The van der Waals surface area contributed by atoms with Crippen LogP contribution in [-0.4, -0.2) is 19.4 Å². The Morgan fingerprint density at radius 2 is 2.00 bits per heavy atom. The van der Waals surface area contributed by atoms with E-state index in [-0.39, 0.29) is 11.5 Å². The molecule has 2 aromatic heterocycles. The second-order valence-electron chi connectivity index (χ2n) is 4.84. The molecule has 0 unspecified atom stereocenters. The molecule has 2 heterocycles. The smallest absolute Gasteiger partial charge is 0.281 e. The third kappa shape index (κ3) is 1.37. The van der Waals surface area contributed by atoms with Crippen molar-refractivity contribution in [1.29, 1.82) is 0 Å². The van der Waals surface area contributed by atoms with Crippen LogP contribution in [0.5, 0.6) is 0 Å². The van der Waals surface area contributed by atoms with Gasteiger partial charge in [0.15, 0.2) is 5.52 Å². The molecule has 6 nitrogen and oxygen atoms in total. The highest BCUT2D eigenvalue weighted by atomic mass is 16.1. The first-order chi connectivity index (χ1) is 7.32. The van der Waals surface area contributed by atoms with Crippen LogP contribution in [0.2, 0.25) is 0 Å². The van der Waals surface area contributed by atoms with Gasteiger partial charge in [-0.2, -0.15) is 5.10 Å². The van der Waals surface area contributed by atoms with E-state index in [2.05, 4.69) is 10.2 Å². The summed E-state index contributed by atoms with van der Waals surface area (Å²) in [6, 6.07) is 0. The Labute approximate surface area is 92.7 Å². The van der Waals surface area contributed by atoms with Crippen LogP contribution in [0.15, 0.2) is 11.0 Å². The van der Waals surface area contributed by atoms with Gasteiger partial charge in [-0.1, -0.05) is 0 Å². The van der Waals surface area contributed by atoms with Crippen molar-refractivity contribution in [2.75, 3.05) is 5.73 Å². The topological polar surface area (TPSA) is 78.2 Å². The van der Waals surface area contributed by atoms with Crippen molar-refractivity contribution >= 4 is 11.5 Å². The van der Waals surface area contributed by atoms with Gasteiger partial charge in [0.05, 0.1) is 6.20 Å². The van der Waals surface area contributed by atoms with E-state index < -0.39 is 5.54 Å². The van der Waals surface area contributed by atoms with Gasteiger partial charge in [0.25, 0.3) is 5.56 Å². The van der Waals surface area contributed by atoms with E-state index in [1.807, 2.05) is 27.7 Å². The molecule has 0 fully saturated rings. The Morgan fingerprint density at radius 3 is 2.56 bits per heavy atom. The van der Waals surface area contributed by atoms with Crippen molar-refractivity contribution in [2.24, 2.45) is 0 Å². The standard InChI is InChI=1S/C10H15N5O/c1-6-5-12-15-7(6)8(16)14(9(11)13-15)10(2,3)4/h5H,1-4H3,(H2,11,13). The Morgan fingerprint density at radius 1 is 1.38 bits per heavy atom. The van der Waals surface area contributed by atoms with E-state index in [0.29, 0.717) is 5.52 Å². The van der Waals surface area contributed by atoms with Crippen molar-refractivity contribution in [2.45, 2.75) is 33.2 Å². The minimum Gasteiger partial charge on any atom is -0.368 e. The molecule has 2 rings (SSSR count). The van der Waals surface area contributed by atoms with Gasteiger partial charge in [-0.25, -0.2) is 0 Å². The molecule has 0 bridgehead atoms. The van der Waals surface area contributed by atoms with Gasteiger partial charge in [0.2, 0.25) is 5.95 Å². The lowest BCUT2D eigenvalue weighted by Crippen LogP contribution is -2.37. The van der Waals surface area contributed by atoms with E-state index in [9.17, 15) is 4.79 Å². The number of hydrogen-bond acceptors (Lipinski definition) is 4. The molecule has 6 heteroatoms. The van der Waals surface area contributed by atoms with E-state index in [1.165, 1.54) is 9.20 Å². The van der Waals surface area contributed by atoms with E-state index in [1.54, 1.807) is 6.20 Å². The fourth-order valence-corrected chi connectivity index (χ4v) is 1.75. The molecule has 0 aliphatic rings. The highest BCUT2D eigenvalue weighted by Gasteiger charge is 2.21. The first kappa shape index (κ1) is 10.7. The van der Waals surface area contributed by atoms with Crippen LogP contribution in [0.25, 0.3) is 5.52 Å². The van der Waals surface area contributed by atoms with Crippen LogP contribution < -0.4 is 11.3 Å². The highest BCUT2D eigenvalue weighted by molar-refractivity contribution is 5.51. The number of anilines is 1. The molecule has 2 N–H and O–H groups in total. The molecule has 0 aliphatic carbocycles. The third-order valence-electron chi connectivity index (χ3n) is 2.44. The van der Waals surface area contributed by atoms with Crippen LogP contribution in [-0.2, 0) is 5.54 Å². The first-order valence-corrected chi connectivity index (χ1v) is 5.06. The molecule has 16 heavy (non-hydrogen) atoms. The molecule has 0 amide bonds. The summed E-state index contributed by atoms with van der Waals surface area (Å²) in [7, 11) is 0. The summed E-state index contributed by atoms with van der Waals surface area (Å²) in [6.07, 6.45) is 1.61. The zero-order chi connectivity index (χ0) is 12.1. The molecule has 0 saturated carbocycles. The monoisotopic (exact) mass is 221 g/mol. The maximum Gasteiger partial charge on any atom is 0.281 e. The van der Waals surface area contributed by atoms with Gasteiger partial charge in [-0.15, -0.1) is 9.73 Å². The summed E-state index contributed by atoms with van der Waals surface area (Å²) >= 11 is 0. The normalized spacial score (nSPS) is 12.2. The van der Waals surface area contributed by atoms with Crippen molar-refractivity contribution in [3.8, 4) is 0 Å². The van der Waals surface area contributed by atoms with E-state index in [4.69, 9.17) is 5.73 Å². The van der Waals surface area contributed by atoms with Gasteiger partial charge in [-0.05, 0) is 27.7 Å². The third-order valence-corrected chi connectivity index (χ3v) is 2.44. The van der Waals surface area contributed by atoms with Crippen molar-refractivity contribution in [3.63, 3.8) is 0 Å². The lowest BCUT2D eigenvalue weighted by atomic mass is 10.1. The predicted octanol–water partition coefficient (Wildman–Crippen LogP) is 0.537. The average molecular weight is 221 g/mol. The SMILES string of the molecule is Cc1cnn2nc(N)n(C(C)(C)C)c(=O)c12. The van der Waals surface area contributed by atoms with Crippen LogP contribution in [0.3, 0.4) is 0 Å². The van der Waals surface area contributed by atoms with Gasteiger partial charge < -0.3 is 5.73 Å². The molecule has 0 radical (unpaired) electrons. The number of aryl methyl sites for hydroxylation is 1. The number of aromatic nitrogens is 4. The minimum absolute atomic E-state index is 0.157. The van der Waals surface area contributed by atoms with Crippen LogP contribution in [0.4, 0.5) is 5.95 Å². The van der Waals surface area contributed by atoms with Gasteiger partial charge in [-0.3, -0.25) is 9.36 Å². The quantitative estimate of drug-likeness (QED) is 0.704. The lowest BCUT2D eigenvalue weighted by molar-refractivity contribution is 0.383. The number of rotatable bonds is 0. The molecule has 2 aromatic rings. The molecule has 86 valence electrons. The van der Waals surface area contributed by atoms with Gasteiger partial charge in [0.1, 0.15) is 0 Å². The molecule has 0 aromatic carbocycles. The Bertz CT molecular complexity index is 602. The first-order valence-electron chi connectivity index (χ1n) is 5.06. The minimum atomic E-state index is -0.396. The zero-order valence-electron chi connectivity index (χ0n) is 9.85. The number of hydrogen-bond donors (Lipinski definition) is 1. The average Bonchev–Trinajstić information content (AvgIpc) is 2.44. The van der Waals surface area contributed by atoms with Crippen LogP contribution in [0.1, 0.15) is 26.3 Å². The Hall–Kier alpha value is -1.85. The van der Waals surface area contributed by atoms with Crippen molar-refractivity contribution in [3.05, 3.63) is 22.1 Å². The number of nitrogens with zero attached hydrogens (tertiary/aromatic N) is 4. The van der Waals surface area contributed by atoms with E-state index >= 15 is 0 Å². The summed E-state index contributed by atoms with van der Waals surface area (Å²) in [4.78, 5) is 12.3. The highest BCUT2D eigenvalue weighted by Crippen LogP contribution is 2.15. The molecule has 0 saturated heterocycles. The van der Waals surface area contributed by atoms with Crippen LogP contribution >= 0.6 is 0 Å². The van der Waals surface area contributed by atoms with Crippen LogP contribution in [0, 0.1) is 6.92 Å². The second kappa shape index (κ2) is 3.07. The fourth-order valence-electron chi connectivity index (χ4n) is 1.75. The summed E-state index contributed by atoms with van der Waals surface area (Å²) in [5.74, 6) is 0.174. The number of nitrogen functional groups attached to an aromatic ring is 1. The van der Waals surface area contributed by atoms with Crippen molar-refractivity contribution in [1.82, 2.24) is 19.4 Å². The maximum absolute atomic E-state index is 12.3. The van der Waals surface area contributed by atoms with Gasteiger partial charge >= 0.3 is 0 Å². The summed E-state index contributed by atoms with van der Waals surface area (Å²) in [5.41, 5.74) is 6.50. The summed E-state index contributed by atoms with van der Waals surface area (Å²) in [6.45, 7) is 7.56. The number of nitrogens with two attached hydrogens (primary N) is 1. The predicted molar refractivity (Wildman–Crippen MR) is 61.4 cm³/mol. The fraction of sp³-hybridized carbons (Fsp3) is 0.500. The van der Waals surface area contributed by atoms with Gasteiger partial charge in [0, 0.05) is 11.1 Å². The molecule has 0 spiro atoms. The largest absolute Gasteiger partial charge is 0.368 e. The molecular weight excluding hydrogens is 206 g/mol. The molecular formula is C10H15N5O. The Balaban J connectivity index is 2.96. The summed E-state index contributed by atoms with van der Waals surface area (Å²) in [5, 5.41) is 8.05. The number of fused-ring (bicyclic) bond motifs is 1. The second-order valence-corrected chi connectivity index (χ2v) is 4.84. The van der Waals surface area contributed by atoms with Crippen molar-refractivity contribution < 1.29 is 0 Å². The zero-order valence-corrected chi connectivity index (χ0v) is 9.85. The maximum atomic E-state index is 12.3. The Kier molecular flexibility index (Phi) is 2.04. The molecule has 0 aliphatic heterocycles.